The molecule has 4 rings (SSSR count). The summed E-state index contributed by atoms with van der Waals surface area (Å²) >= 11 is 13.9. The highest BCUT2D eigenvalue weighted by molar-refractivity contribution is 7.13. The quantitative estimate of drug-likeness (QED) is 0.499. The molecule has 0 aliphatic carbocycles. The Hall–Kier alpha value is -2.34. The van der Waals surface area contributed by atoms with Crippen LogP contribution in [-0.4, -0.2) is 22.5 Å². The average Bonchev–Trinajstić information content (AvgIpc) is 3.17. The van der Waals surface area contributed by atoms with Crippen molar-refractivity contribution in [1.82, 2.24) is 4.98 Å². The molecular formula is C21H17Cl2N3OS. The standard InChI is InChI=1S/C21H17Cl2N3OS/c1-11-6-8-13(9-7-11)19-12(2)28-21(25-19)17-16(27)10-26(20(17)24)15-5-3-4-14(22)18(15)23/h3-9,24,27H,10H2,1-2H3. The maximum Gasteiger partial charge on any atom is 0.139 e. The maximum atomic E-state index is 10.6. The molecule has 0 spiro atoms. The number of rotatable bonds is 3. The minimum Gasteiger partial charge on any atom is -0.510 e. The summed E-state index contributed by atoms with van der Waals surface area (Å²) in [4.78, 5) is 7.41. The monoisotopic (exact) mass is 429 g/mol. The third kappa shape index (κ3) is 3.20. The summed E-state index contributed by atoms with van der Waals surface area (Å²) in [6.45, 7) is 4.20. The lowest BCUT2D eigenvalue weighted by molar-refractivity contribution is 0.411. The third-order valence-electron chi connectivity index (χ3n) is 4.66. The number of nitrogens with zero attached hydrogens (tertiary/aromatic N) is 2. The van der Waals surface area contributed by atoms with Crippen LogP contribution in [0.1, 0.15) is 15.4 Å². The van der Waals surface area contributed by atoms with Gasteiger partial charge in [0.15, 0.2) is 0 Å². The summed E-state index contributed by atoms with van der Waals surface area (Å²) in [5, 5.41) is 20.6. The van der Waals surface area contributed by atoms with Gasteiger partial charge in [0.2, 0.25) is 0 Å². The molecule has 142 valence electrons. The Balaban J connectivity index is 1.71. The molecule has 7 heteroatoms. The molecule has 1 aromatic heterocycles. The number of hydrogen-bond donors (Lipinski definition) is 2. The van der Waals surface area contributed by atoms with Gasteiger partial charge in [-0.1, -0.05) is 59.1 Å². The number of benzene rings is 2. The van der Waals surface area contributed by atoms with Crippen LogP contribution in [0.2, 0.25) is 10.0 Å². The van der Waals surface area contributed by atoms with E-state index in [1.807, 2.05) is 38.1 Å². The Bertz CT molecular complexity index is 1120. The molecule has 0 radical (unpaired) electrons. The predicted molar refractivity (Wildman–Crippen MR) is 118 cm³/mol. The Morgan fingerprint density at radius 1 is 1.11 bits per heavy atom. The van der Waals surface area contributed by atoms with Crippen molar-refractivity contribution in [3.8, 4) is 11.3 Å². The summed E-state index contributed by atoms with van der Waals surface area (Å²) in [6.07, 6.45) is 0. The molecule has 0 saturated carbocycles. The largest absolute Gasteiger partial charge is 0.510 e. The number of nitrogens with one attached hydrogen (secondary N) is 1. The molecule has 2 N–H and O–H groups in total. The lowest BCUT2D eigenvalue weighted by Crippen LogP contribution is -2.26. The highest BCUT2D eigenvalue weighted by atomic mass is 35.5. The van der Waals surface area contributed by atoms with Gasteiger partial charge in [-0.25, -0.2) is 4.98 Å². The molecule has 0 atom stereocenters. The number of amidine groups is 1. The predicted octanol–water partition coefficient (Wildman–Crippen LogP) is 6.50. The Morgan fingerprint density at radius 3 is 2.54 bits per heavy atom. The van der Waals surface area contributed by atoms with Gasteiger partial charge in [-0.15, -0.1) is 11.3 Å². The average molecular weight is 430 g/mol. The lowest BCUT2D eigenvalue weighted by Gasteiger charge is -2.20. The summed E-state index contributed by atoms with van der Waals surface area (Å²) in [7, 11) is 0. The van der Waals surface area contributed by atoms with Crippen LogP contribution in [0.5, 0.6) is 0 Å². The van der Waals surface area contributed by atoms with Crippen LogP contribution in [0.3, 0.4) is 0 Å². The zero-order chi connectivity index (χ0) is 20.0. The van der Waals surface area contributed by atoms with Gasteiger partial charge in [-0.2, -0.15) is 0 Å². The van der Waals surface area contributed by atoms with Crippen molar-refractivity contribution in [1.29, 1.82) is 5.41 Å². The molecule has 0 bridgehead atoms. The van der Waals surface area contributed by atoms with E-state index in [9.17, 15) is 5.11 Å². The normalized spacial score (nSPS) is 14.3. The number of thiazole rings is 1. The van der Waals surface area contributed by atoms with E-state index in [1.54, 1.807) is 23.1 Å². The van der Waals surface area contributed by atoms with E-state index in [0.29, 0.717) is 26.3 Å². The molecule has 28 heavy (non-hydrogen) atoms. The van der Waals surface area contributed by atoms with Crippen molar-refractivity contribution < 1.29 is 5.11 Å². The van der Waals surface area contributed by atoms with Crippen LogP contribution in [0.15, 0.2) is 48.2 Å². The van der Waals surface area contributed by atoms with Crippen molar-refractivity contribution >= 4 is 51.6 Å². The molecular weight excluding hydrogens is 413 g/mol. The molecule has 1 aliphatic heterocycles. The molecule has 3 aromatic rings. The van der Waals surface area contributed by atoms with E-state index in [0.717, 1.165) is 16.1 Å². The first-order chi connectivity index (χ1) is 13.4. The first kappa shape index (κ1) is 19.0. The minimum absolute atomic E-state index is 0.102. The molecule has 0 amide bonds. The third-order valence-corrected chi connectivity index (χ3v) is 6.46. The van der Waals surface area contributed by atoms with Crippen molar-refractivity contribution in [2.24, 2.45) is 0 Å². The second-order valence-electron chi connectivity index (χ2n) is 6.62. The number of halogens is 2. The van der Waals surface area contributed by atoms with E-state index in [4.69, 9.17) is 33.6 Å². The maximum absolute atomic E-state index is 10.6. The Morgan fingerprint density at radius 2 is 1.82 bits per heavy atom. The molecule has 0 fully saturated rings. The summed E-state index contributed by atoms with van der Waals surface area (Å²) in [5.74, 6) is 0.260. The van der Waals surface area contributed by atoms with Gasteiger partial charge in [0, 0.05) is 10.4 Å². The molecule has 0 saturated heterocycles. The number of aromatic nitrogens is 1. The van der Waals surface area contributed by atoms with Crippen molar-refractivity contribution in [2.45, 2.75) is 13.8 Å². The number of hydrogen-bond acceptors (Lipinski definition) is 4. The van der Waals surface area contributed by atoms with E-state index in [-0.39, 0.29) is 18.1 Å². The van der Waals surface area contributed by atoms with Crippen LogP contribution in [0.25, 0.3) is 16.8 Å². The van der Waals surface area contributed by atoms with E-state index >= 15 is 0 Å². The zero-order valence-corrected chi connectivity index (χ0v) is 17.6. The first-order valence-electron chi connectivity index (χ1n) is 8.64. The number of aliphatic hydroxyl groups excluding tert-OH is 1. The second-order valence-corrected chi connectivity index (χ2v) is 8.61. The molecule has 0 unspecified atom stereocenters. The smallest absolute Gasteiger partial charge is 0.139 e. The van der Waals surface area contributed by atoms with Crippen LogP contribution < -0.4 is 4.90 Å². The number of aliphatic hydroxyl groups is 1. The topological polar surface area (TPSA) is 60.2 Å². The fourth-order valence-electron chi connectivity index (χ4n) is 3.19. The summed E-state index contributed by atoms with van der Waals surface area (Å²) in [5.41, 5.74) is 4.09. The van der Waals surface area contributed by atoms with Gasteiger partial charge in [0.1, 0.15) is 16.6 Å². The van der Waals surface area contributed by atoms with Crippen LogP contribution in [0.4, 0.5) is 5.69 Å². The van der Waals surface area contributed by atoms with Crippen molar-refractivity contribution in [3.63, 3.8) is 0 Å². The van der Waals surface area contributed by atoms with E-state index in [1.165, 1.54) is 16.9 Å². The second kappa shape index (κ2) is 7.24. The van der Waals surface area contributed by atoms with Gasteiger partial charge in [-0.05, 0) is 26.0 Å². The Labute approximate surface area is 177 Å². The summed E-state index contributed by atoms with van der Waals surface area (Å²) in [6, 6.07) is 13.4. The van der Waals surface area contributed by atoms with E-state index < -0.39 is 0 Å². The molecule has 4 nitrogen and oxygen atoms in total. The van der Waals surface area contributed by atoms with Crippen molar-refractivity contribution in [3.05, 3.63) is 73.7 Å². The summed E-state index contributed by atoms with van der Waals surface area (Å²) < 4.78 is 0. The fourth-order valence-corrected chi connectivity index (χ4v) is 4.59. The highest BCUT2D eigenvalue weighted by Gasteiger charge is 2.33. The van der Waals surface area contributed by atoms with Gasteiger partial charge >= 0.3 is 0 Å². The number of aryl methyl sites for hydroxylation is 2. The molecule has 2 aromatic carbocycles. The van der Waals surface area contributed by atoms with Gasteiger partial charge in [0.25, 0.3) is 0 Å². The Kier molecular flexibility index (Phi) is 4.91. The van der Waals surface area contributed by atoms with Crippen molar-refractivity contribution in [2.75, 3.05) is 11.4 Å². The lowest BCUT2D eigenvalue weighted by atomic mass is 10.1. The molecule has 1 aliphatic rings. The van der Waals surface area contributed by atoms with Gasteiger partial charge in [-0.3, -0.25) is 5.41 Å². The van der Waals surface area contributed by atoms with Gasteiger partial charge < -0.3 is 10.0 Å². The number of anilines is 1. The fraction of sp³-hybridized carbons (Fsp3) is 0.143. The van der Waals surface area contributed by atoms with E-state index in [2.05, 4.69) is 0 Å². The molecule has 2 heterocycles. The highest BCUT2D eigenvalue weighted by Crippen LogP contribution is 2.40. The van der Waals surface area contributed by atoms with Gasteiger partial charge in [0.05, 0.1) is 33.5 Å². The van der Waals surface area contributed by atoms with Crippen LogP contribution in [-0.2, 0) is 0 Å². The van der Waals surface area contributed by atoms with Crippen LogP contribution in [0, 0.1) is 19.3 Å². The minimum atomic E-state index is 0.102. The zero-order valence-electron chi connectivity index (χ0n) is 15.3. The first-order valence-corrected chi connectivity index (χ1v) is 10.2. The van der Waals surface area contributed by atoms with Crippen LogP contribution >= 0.6 is 34.5 Å². The SMILES string of the molecule is Cc1ccc(-c2nc(C3=C(O)CN(c4cccc(Cl)c4Cl)C3=N)sc2C)cc1.